The maximum absolute atomic E-state index is 12.1. The predicted molar refractivity (Wildman–Crippen MR) is 82.4 cm³/mol. The summed E-state index contributed by atoms with van der Waals surface area (Å²) in [5.41, 5.74) is 0.971. The number of amides is 1. The zero-order valence-electron chi connectivity index (χ0n) is 10.4. The van der Waals surface area contributed by atoms with E-state index in [1.807, 2.05) is 0 Å². The SMILES string of the molecule is COc1ccc(C(=O)Nc2ccc(Cl)c(Cl)c2)cc1Cl. The lowest BCUT2D eigenvalue weighted by Gasteiger charge is -2.08. The van der Waals surface area contributed by atoms with E-state index in [1.165, 1.54) is 13.2 Å². The lowest BCUT2D eigenvalue weighted by atomic mass is 10.2. The lowest BCUT2D eigenvalue weighted by Crippen LogP contribution is -2.11. The fourth-order valence-electron chi connectivity index (χ4n) is 1.58. The van der Waals surface area contributed by atoms with Crippen molar-refractivity contribution in [1.82, 2.24) is 0 Å². The zero-order chi connectivity index (χ0) is 14.7. The highest BCUT2D eigenvalue weighted by atomic mass is 35.5. The van der Waals surface area contributed by atoms with Crippen LogP contribution in [0.4, 0.5) is 5.69 Å². The molecule has 0 fully saturated rings. The van der Waals surface area contributed by atoms with Crippen molar-refractivity contribution in [2.45, 2.75) is 0 Å². The number of ether oxygens (including phenoxy) is 1. The van der Waals surface area contributed by atoms with Crippen molar-refractivity contribution in [1.29, 1.82) is 0 Å². The maximum Gasteiger partial charge on any atom is 0.255 e. The number of nitrogens with one attached hydrogen (secondary N) is 1. The molecule has 0 saturated carbocycles. The highest BCUT2D eigenvalue weighted by Gasteiger charge is 2.10. The molecule has 0 spiro atoms. The van der Waals surface area contributed by atoms with Crippen molar-refractivity contribution >= 4 is 46.4 Å². The number of carbonyl (C=O) groups is 1. The van der Waals surface area contributed by atoms with Crippen molar-refractivity contribution < 1.29 is 9.53 Å². The van der Waals surface area contributed by atoms with E-state index in [2.05, 4.69) is 5.32 Å². The molecular weight excluding hydrogens is 321 g/mol. The third kappa shape index (κ3) is 3.37. The Bertz CT molecular complexity index is 659. The van der Waals surface area contributed by atoms with Crippen LogP contribution in [0.1, 0.15) is 10.4 Å². The van der Waals surface area contributed by atoms with Gasteiger partial charge in [-0.3, -0.25) is 4.79 Å². The minimum Gasteiger partial charge on any atom is -0.495 e. The Hall–Kier alpha value is -1.42. The van der Waals surface area contributed by atoms with Crippen molar-refractivity contribution in [2.75, 3.05) is 12.4 Å². The number of halogens is 3. The molecule has 2 aromatic rings. The summed E-state index contributed by atoms with van der Waals surface area (Å²) in [4.78, 5) is 12.1. The van der Waals surface area contributed by atoms with Crippen LogP contribution < -0.4 is 10.1 Å². The van der Waals surface area contributed by atoms with Gasteiger partial charge in [-0.15, -0.1) is 0 Å². The Morgan fingerprint density at radius 1 is 1.00 bits per heavy atom. The molecule has 0 heterocycles. The molecule has 0 aliphatic rings. The summed E-state index contributed by atoms with van der Waals surface area (Å²) >= 11 is 17.7. The number of hydrogen-bond donors (Lipinski definition) is 1. The van der Waals surface area contributed by atoms with E-state index < -0.39 is 0 Å². The summed E-state index contributed by atoms with van der Waals surface area (Å²) in [6.45, 7) is 0. The number of anilines is 1. The summed E-state index contributed by atoms with van der Waals surface area (Å²) in [6, 6.07) is 9.64. The third-order valence-electron chi connectivity index (χ3n) is 2.59. The van der Waals surface area contributed by atoms with Crippen LogP contribution >= 0.6 is 34.8 Å². The average molecular weight is 331 g/mol. The van der Waals surface area contributed by atoms with Gasteiger partial charge in [0.05, 0.1) is 22.2 Å². The van der Waals surface area contributed by atoms with Gasteiger partial charge in [-0.2, -0.15) is 0 Å². The van der Waals surface area contributed by atoms with E-state index in [0.29, 0.717) is 32.1 Å². The quantitative estimate of drug-likeness (QED) is 0.868. The van der Waals surface area contributed by atoms with Crippen LogP contribution in [0.15, 0.2) is 36.4 Å². The highest BCUT2D eigenvalue weighted by Crippen LogP contribution is 2.27. The predicted octanol–water partition coefficient (Wildman–Crippen LogP) is 4.91. The molecule has 0 atom stereocenters. The molecule has 0 aliphatic heterocycles. The fourth-order valence-corrected chi connectivity index (χ4v) is 2.14. The minimum absolute atomic E-state index is 0.298. The second-order valence-corrected chi connectivity index (χ2v) is 5.15. The minimum atomic E-state index is -0.298. The average Bonchev–Trinajstić information content (AvgIpc) is 2.42. The van der Waals surface area contributed by atoms with E-state index in [-0.39, 0.29) is 5.91 Å². The summed E-state index contributed by atoms with van der Waals surface area (Å²) in [7, 11) is 1.51. The largest absolute Gasteiger partial charge is 0.495 e. The molecule has 1 amide bonds. The van der Waals surface area contributed by atoms with Gasteiger partial charge in [0.25, 0.3) is 5.91 Å². The summed E-state index contributed by atoms with van der Waals surface area (Å²) in [6.07, 6.45) is 0. The molecule has 2 rings (SSSR count). The van der Waals surface area contributed by atoms with Gasteiger partial charge in [-0.25, -0.2) is 0 Å². The molecule has 0 bridgehead atoms. The van der Waals surface area contributed by atoms with Gasteiger partial charge in [0.15, 0.2) is 0 Å². The third-order valence-corrected chi connectivity index (χ3v) is 3.63. The molecule has 0 aromatic heterocycles. The van der Waals surface area contributed by atoms with Gasteiger partial charge < -0.3 is 10.1 Å². The number of hydrogen-bond acceptors (Lipinski definition) is 2. The van der Waals surface area contributed by atoms with Gasteiger partial charge in [0.1, 0.15) is 5.75 Å². The number of rotatable bonds is 3. The molecule has 0 unspecified atom stereocenters. The molecule has 104 valence electrons. The first-order chi connectivity index (χ1) is 9.51. The maximum atomic E-state index is 12.1. The van der Waals surface area contributed by atoms with Crippen LogP contribution in [-0.4, -0.2) is 13.0 Å². The molecule has 0 aliphatic carbocycles. The first kappa shape index (κ1) is 15.0. The Morgan fingerprint density at radius 3 is 2.35 bits per heavy atom. The van der Waals surface area contributed by atoms with Crippen LogP contribution in [-0.2, 0) is 0 Å². The molecule has 0 radical (unpaired) electrons. The Morgan fingerprint density at radius 2 is 1.75 bits per heavy atom. The number of benzene rings is 2. The first-order valence-corrected chi connectivity index (χ1v) is 6.74. The monoisotopic (exact) mass is 329 g/mol. The molecule has 1 N–H and O–H groups in total. The number of carbonyl (C=O) groups excluding carboxylic acids is 1. The first-order valence-electron chi connectivity index (χ1n) is 5.61. The molecule has 2 aromatic carbocycles. The van der Waals surface area contributed by atoms with Crippen LogP contribution in [0.2, 0.25) is 15.1 Å². The number of methoxy groups -OCH3 is 1. The second kappa shape index (κ2) is 6.35. The zero-order valence-corrected chi connectivity index (χ0v) is 12.7. The standard InChI is InChI=1S/C14H10Cl3NO2/c1-20-13-5-2-8(6-12(13)17)14(19)18-9-3-4-10(15)11(16)7-9/h2-7H,1H3,(H,18,19). The van der Waals surface area contributed by atoms with Gasteiger partial charge >= 0.3 is 0 Å². The van der Waals surface area contributed by atoms with E-state index >= 15 is 0 Å². The lowest BCUT2D eigenvalue weighted by molar-refractivity contribution is 0.102. The van der Waals surface area contributed by atoms with E-state index in [0.717, 1.165) is 0 Å². The van der Waals surface area contributed by atoms with E-state index in [4.69, 9.17) is 39.5 Å². The van der Waals surface area contributed by atoms with Crippen LogP contribution in [0.3, 0.4) is 0 Å². The molecule has 3 nitrogen and oxygen atoms in total. The molecule has 20 heavy (non-hydrogen) atoms. The van der Waals surface area contributed by atoms with Crippen molar-refractivity contribution in [3.63, 3.8) is 0 Å². The second-order valence-electron chi connectivity index (χ2n) is 3.93. The van der Waals surface area contributed by atoms with Gasteiger partial charge in [-0.05, 0) is 36.4 Å². The highest BCUT2D eigenvalue weighted by molar-refractivity contribution is 6.42. The van der Waals surface area contributed by atoms with Crippen LogP contribution in [0.5, 0.6) is 5.75 Å². The van der Waals surface area contributed by atoms with Crippen LogP contribution in [0.25, 0.3) is 0 Å². The molecule has 0 saturated heterocycles. The van der Waals surface area contributed by atoms with E-state index in [1.54, 1.807) is 30.3 Å². The van der Waals surface area contributed by atoms with Crippen molar-refractivity contribution in [2.24, 2.45) is 0 Å². The Balaban J connectivity index is 2.19. The van der Waals surface area contributed by atoms with Crippen LogP contribution in [0, 0.1) is 0 Å². The van der Waals surface area contributed by atoms with Crippen molar-refractivity contribution in [3.05, 3.63) is 57.0 Å². The summed E-state index contributed by atoms with van der Waals surface area (Å²) in [5, 5.41) is 3.88. The van der Waals surface area contributed by atoms with Gasteiger partial charge in [0.2, 0.25) is 0 Å². The van der Waals surface area contributed by atoms with Crippen molar-refractivity contribution in [3.8, 4) is 5.75 Å². The Kier molecular flexibility index (Phi) is 4.76. The van der Waals surface area contributed by atoms with E-state index in [9.17, 15) is 4.79 Å². The smallest absolute Gasteiger partial charge is 0.255 e. The topological polar surface area (TPSA) is 38.3 Å². The van der Waals surface area contributed by atoms with Gasteiger partial charge in [0, 0.05) is 11.3 Å². The Labute approximate surface area is 131 Å². The molecular formula is C14H10Cl3NO2. The summed E-state index contributed by atoms with van der Waals surface area (Å²) < 4.78 is 5.03. The normalized spacial score (nSPS) is 10.2. The summed E-state index contributed by atoms with van der Waals surface area (Å²) in [5.74, 6) is 0.214. The fraction of sp³-hybridized carbons (Fsp3) is 0.0714. The van der Waals surface area contributed by atoms with Gasteiger partial charge in [-0.1, -0.05) is 34.8 Å². The molecule has 6 heteroatoms.